The Morgan fingerprint density at radius 1 is 1.20 bits per heavy atom. The Balaban J connectivity index is 1.17. The highest BCUT2D eigenvalue weighted by molar-refractivity contribution is 6.32. The maximum absolute atomic E-state index is 10.2. The number of aliphatic hydroxyl groups is 1. The van der Waals surface area contributed by atoms with Gasteiger partial charge in [0.2, 0.25) is 0 Å². The first-order valence-electron chi connectivity index (χ1n) is 13.9. The van der Waals surface area contributed by atoms with Crippen molar-refractivity contribution in [2.24, 2.45) is 0 Å². The summed E-state index contributed by atoms with van der Waals surface area (Å²) >= 11 is 6.35. The van der Waals surface area contributed by atoms with Crippen LogP contribution in [-0.2, 0) is 11.3 Å². The van der Waals surface area contributed by atoms with Gasteiger partial charge >= 0.3 is 0 Å². The number of aromatic nitrogens is 1. The molecule has 7 rings (SSSR count). The molecule has 0 saturated carbocycles. The van der Waals surface area contributed by atoms with Gasteiger partial charge in [-0.1, -0.05) is 17.7 Å². The van der Waals surface area contributed by atoms with Crippen molar-refractivity contribution < 1.29 is 14.6 Å². The van der Waals surface area contributed by atoms with E-state index in [9.17, 15) is 10.4 Å². The fourth-order valence-corrected chi connectivity index (χ4v) is 6.32. The summed E-state index contributed by atoms with van der Waals surface area (Å²) in [6.07, 6.45) is 6.88. The van der Waals surface area contributed by atoms with Crippen molar-refractivity contribution in [3.8, 4) is 11.8 Å². The van der Waals surface area contributed by atoms with E-state index in [0.29, 0.717) is 40.7 Å². The Kier molecular flexibility index (Phi) is 7.20. The Hall–Kier alpha value is -3.55. The lowest BCUT2D eigenvalue weighted by atomic mass is 9.86. The lowest BCUT2D eigenvalue weighted by Gasteiger charge is -2.56. The number of allylic oxidation sites excluding steroid dienone is 2. The number of ether oxygens (including phenoxy) is 2. The Bertz CT molecular complexity index is 1460. The van der Waals surface area contributed by atoms with Crippen LogP contribution in [0.3, 0.4) is 0 Å². The first kappa shape index (κ1) is 27.6. The van der Waals surface area contributed by atoms with Gasteiger partial charge in [0.15, 0.2) is 0 Å². The summed E-state index contributed by atoms with van der Waals surface area (Å²) in [4.78, 5) is 9.78. The molecule has 1 aromatic carbocycles. The smallest absolute Gasteiger partial charge is 0.137 e. The molecular formula is C31H35ClN6O3. The maximum atomic E-state index is 10.2. The number of hydrazine groups is 1. The van der Waals surface area contributed by atoms with Gasteiger partial charge in [0.1, 0.15) is 23.9 Å². The zero-order valence-corrected chi connectivity index (χ0v) is 24.6. The summed E-state index contributed by atoms with van der Waals surface area (Å²) in [6.45, 7) is 6.82. The highest BCUT2D eigenvalue weighted by Crippen LogP contribution is 2.40. The Labute approximate surface area is 246 Å². The van der Waals surface area contributed by atoms with Crippen molar-refractivity contribution in [3.63, 3.8) is 0 Å². The number of halogens is 1. The van der Waals surface area contributed by atoms with Crippen molar-refractivity contribution in [1.82, 2.24) is 19.9 Å². The summed E-state index contributed by atoms with van der Waals surface area (Å²) in [7, 11) is 3.57. The predicted octanol–water partition coefficient (Wildman–Crippen LogP) is 4.17. The van der Waals surface area contributed by atoms with E-state index in [4.69, 9.17) is 26.1 Å². The van der Waals surface area contributed by atoms with Crippen LogP contribution in [0.5, 0.6) is 5.75 Å². The average molecular weight is 575 g/mol. The number of hydrogen-bond donors (Lipinski definition) is 1. The molecule has 214 valence electrons. The molecule has 41 heavy (non-hydrogen) atoms. The largest absolute Gasteiger partial charge is 0.495 e. The van der Waals surface area contributed by atoms with Crippen LogP contribution < -0.4 is 9.64 Å². The van der Waals surface area contributed by atoms with Crippen LogP contribution in [0.15, 0.2) is 65.8 Å². The van der Waals surface area contributed by atoms with Gasteiger partial charge < -0.3 is 19.5 Å². The van der Waals surface area contributed by atoms with Crippen LogP contribution in [-0.4, -0.2) is 83.1 Å². The molecule has 2 unspecified atom stereocenters. The van der Waals surface area contributed by atoms with Crippen molar-refractivity contribution in [1.29, 1.82) is 5.26 Å². The molecule has 0 aliphatic carbocycles. The maximum Gasteiger partial charge on any atom is 0.137 e. The number of likely N-dealkylation sites (N-methyl/N-ethyl adjacent to an activating group) is 1. The van der Waals surface area contributed by atoms with Crippen LogP contribution in [0.4, 0.5) is 5.82 Å². The number of fused-ring (bicyclic) bond motifs is 3. The third kappa shape index (κ3) is 5.41. The number of piperidine rings is 1. The van der Waals surface area contributed by atoms with Crippen LogP contribution in [0.1, 0.15) is 31.4 Å². The number of nitrogens with zero attached hydrogens (tertiary/aromatic N) is 6. The minimum absolute atomic E-state index is 0.154. The first-order chi connectivity index (χ1) is 19.6. The molecule has 3 fully saturated rings. The SMILES string of the molecule is COc1ccc(CN2C3CC2CN(c2ccc(C4=CC(OCC(C)(C)O)=CN5C4=C(C#N)CN5C)cn2)C3)cc1Cl. The van der Waals surface area contributed by atoms with Crippen LogP contribution >= 0.6 is 11.6 Å². The normalized spacial score (nSPS) is 22.6. The van der Waals surface area contributed by atoms with E-state index in [-0.39, 0.29) is 6.61 Å². The van der Waals surface area contributed by atoms with Crippen molar-refractivity contribution in [3.05, 3.63) is 82.0 Å². The van der Waals surface area contributed by atoms with Gasteiger partial charge in [0, 0.05) is 56.1 Å². The van der Waals surface area contributed by atoms with Crippen molar-refractivity contribution in [2.75, 3.05) is 45.3 Å². The van der Waals surface area contributed by atoms with Gasteiger partial charge in [-0.3, -0.25) is 9.91 Å². The summed E-state index contributed by atoms with van der Waals surface area (Å²) < 4.78 is 11.2. The standard InChI is InChI=1S/C31H35ClN6O3/c1-31(2,39)19-41-25-11-26(30-22(12-33)15-35(3)38(30)18-25)21-6-8-29(34-13-21)36-16-23-10-24(17-36)37(23)14-20-5-7-28(40-4)27(32)9-20/h5-9,11,13,18,23-24,39H,10,14-17,19H2,1-4H3. The quantitative estimate of drug-likeness (QED) is 0.499. The van der Waals surface area contributed by atoms with Gasteiger partial charge in [-0.2, -0.15) is 5.26 Å². The number of piperazine rings is 1. The zero-order chi connectivity index (χ0) is 28.9. The third-order valence-corrected chi connectivity index (χ3v) is 8.39. The van der Waals surface area contributed by atoms with E-state index in [2.05, 4.69) is 34.1 Å². The molecule has 3 saturated heterocycles. The van der Waals surface area contributed by atoms with Crippen LogP contribution in [0.2, 0.25) is 5.02 Å². The second kappa shape index (κ2) is 10.7. The topological polar surface area (TPSA) is 88.3 Å². The number of hydrogen-bond acceptors (Lipinski definition) is 9. The summed E-state index contributed by atoms with van der Waals surface area (Å²) in [5, 5.41) is 24.6. The minimum atomic E-state index is -0.963. The molecule has 1 N–H and O–H groups in total. The zero-order valence-electron chi connectivity index (χ0n) is 23.8. The highest BCUT2D eigenvalue weighted by Gasteiger charge is 2.44. The van der Waals surface area contributed by atoms with Gasteiger partial charge in [0.05, 0.1) is 47.8 Å². The molecule has 2 bridgehead atoms. The van der Waals surface area contributed by atoms with Crippen LogP contribution in [0.25, 0.3) is 5.57 Å². The first-order valence-corrected chi connectivity index (χ1v) is 14.2. The average Bonchev–Trinajstić information content (AvgIpc) is 3.29. The van der Waals surface area contributed by atoms with Gasteiger partial charge in [0.25, 0.3) is 0 Å². The van der Waals surface area contributed by atoms with E-state index in [1.165, 1.54) is 12.0 Å². The van der Waals surface area contributed by atoms with Gasteiger partial charge in [-0.15, -0.1) is 0 Å². The lowest BCUT2D eigenvalue weighted by Crippen LogP contribution is -2.68. The summed E-state index contributed by atoms with van der Waals surface area (Å²) in [6, 6.07) is 13.5. The van der Waals surface area contributed by atoms with E-state index in [1.807, 2.05) is 47.7 Å². The fourth-order valence-electron chi connectivity index (χ4n) is 6.04. The molecule has 5 aliphatic rings. The second-order valence-electron chi connectivity index (χ2n) is 11.8. The van der Waals surface area contributed by atoms with Gasteiger partial charge in [-0.25, -0.2) is 9.99 Å². The molecule has 5 aliphatic heterocycles. The molecule has 2 atom stereocenters. The number of methoxy groups -OCH3 is 1. The molecule has 0 amide bonds. The van der Waals surface area contributed by atoms with Crippen molar-refractivity contribution in [2.45, 2.75) is 44.5 Å². The number of anilines is 1. The van der Waals surface area contributed by atoms with Crippen molar-refractivity contribution >= 4 is 23.0 Å². The molecular weight excluding hydrogens is 540 g/mol. The molecule has 2 aromatic rings. The molecule has 1 aromatic heterocycles. The molecule has 0 radical (unpaired) electrons. The Morgan fingerprint density at radius 3 is 2.61 bits per heavy atom. The summed E-state index contributed by atoms with van der Waals surface area (Å²) in [5.41, 5.74) is 3.55. The summed E-state index contributed by atoms with van der Waals surface area (Å²) in [5.74, 6) is 2.27. The van der Waals surface area contributed by atoms with Crippen LogP contribution in [0, 0.1) is 11.3 Å². The second-order valence-corrected chi connectivity index (χ2v) is 12.2. The number of benzene rings is 1. The third-order valence-electron chi connectivity index (χ3n) is 8.10. The van der Waals surface area contributed by atoms with Gasteiger partial charge in [-0.05, 0) is 56.2 Å². The molecule has 10 heteroatoms. The number of pyridine rings is 1. The number of nitriles is 1. The number of rotatable bonds is 8. The monoisotopic (exact) mass is 574 g/mol. The van der Waals surface area contributed by atoms with E-state index < -0.39 is 5.60 Å². The van der Waals surface area contributed by atoms with E-state index in [0.717, 1.165) is 42.3 Å². The molecule has 0 spiro atoms. The lowest BCUT2D eigenvalue weighted by molar-refractivity contribution is -0.00868. The Morgan fingerprint density at radius 2 is 1.98 bits per heavy atom. The predicted molar refractivity (Wildman–Crippen MR) is 158 cm³/mol. The molecule has 6 heterocycles. The fraction of sp³-hybridized carbons (Fsp3) is 0.419. The van der Waals surface area contributed by atoms with E-state index in [1.54, 1.807) is 21.0 Å². The highest BCUT2D eigenvalue weighted by atomic mass is 35.5. The molecule has 9 nitrogen and oxygen atoms in total. The van der Waals surface area contributed by atoms with E-state index >= 15 is 0 Å². The minimum Gasteiger partial charge on any atom is -0.495 e.